The monoisotopic (exact) mass is 654 g/mol. The van der Waals surface area contributed by atoms with Crippen LogP contribution < -0.4 is 16.4 Å². The summed E-state index contributed by atoms with van der Waals surface area (Å²) >= 11 is 12.3. The number of nitrogens with two attached hydrogens (primary N) is 1. The highest BCUT2D eigenvalue weighted by molar-refractivity contribution is 8.23. The van der Waals surface area contributed by atoms with Gasteiger partial charge in [0, 0.05) is 18.2 Å². The van der Waals surface area contributed by atoms with Gasteiger partial charge in [-0.05, 0) is 77.1 Å². The van der Waals surface area contributed by atoms with Crippen molar-refractivity contribution >= 4 is 69.8 Å². The Bertz CT molecular complexity index is 1120. The number of likely N-dealkylation sites (tertiary alicyclic amines) is 1. The average molecular weight is 655 g/mol. The number of alkyl halides is 1. The standard InChI is InChI=1S/C30H43ClN4O6S2/c1-4-41-29(42)43-22(13-12-21(37)18-31)14-15-24(26(38)34-30(2,3)19-36)33-27(39)25-11-8-16-35(25)28(40)23(32)17-20-9-6-5-7-10-20/h5-7,9-10,19,22-25H,4,8,11-18,32H2,1-3H3,(H,33,39)(H,34,38)/t22?,23-,24-,25+/m0/s1. The third kappa shape index (κ3) is 12.5. The van der Waals surface area contributed by atoms with Crippen molar-refractivity contribution in [2.45, 2.75) is 94.6 Å². The van der Waals surface area contributed by atoms with E-state index in [2.05, 4.69) is 10.6 Å². The molecule has 13 heteroatoms. The van der Waals surface area contributed by atoms with Crippen molar-refractivity contribution in [3.05, 3.63) is 35.9 Å². The van der Waals surface area contributed by atoms with Crippen LogP contribution in [0, 0.1) is 0 Å². The first kappa shape index (κ1) is 36.7. The maximum Gasteiger partial charge on any atom is 0.243 e. The van der Waals surface area contributed by atoms with Crippen molar-refractivity contribution in [1.82, 2.24) is 15.5 Å². The largest absolute Gasteiger partial charge is 0.479 e. The third-order valence-corrected chi connectivity index (χ3v) is 8.84. The number of ketones is 1. The van der Waals surface area contributed by atoms with E-state index in [-0.39, 0.29) is 35.7 Å². The smallest absolute Gasteiger partial charge is 0.243 e. The first-order valence-corrected chi connectivity index (χ1v) is 16.3. The number of nitrogens with one attached hydrogen (secondary N) is 2. The highest BCUT2D eigenvalue weighted by Crippen LogP contribution is 2.26. The van der Waals surface area contributed by atoms with Gasteiger partial charge in [0.1, 0.15) is 24.2 Å². The van der Waals surface area contributed by atoms with Crippen LogP contribution in [0.3, 0.4) is 0 Å². The number of rotatable bonds is 17. The SMILES string of the molecule is CCOC(=S)SC(CCC(=O)CCl)CC[C@H](NC(=O)[C@H]1CCCN1C(=O)[C@@H](N)Cc1ccccc1)C(=O)NC(C)(C)C=O. The van der Waals surface area contributed by atoms with Crippen molar-refractivity contribution in [2.75, 3.05) is 19.0 Å². The summed E-state index contributed by atoms with van der Waals surface area (Å²) in [5, 5.41) is 5.32. The van der Waals surface area contributed by atoms with E-state index in [1.807, 2.05) is 37.3 Å². The molecular formula is C30H43ClN4O6S2. The summed E-state index contributed by atoms with van der Waals surface area (Å²) in [6.07, 6.45) is 3.31. The number of ether oxygens (including phenoxy) is 1. The summed E-state index contributed by atoms with van der Waals surface area (Å²) in [6.45, 7) is 5.71. The molecule has 0 bridgehead atoms. The summed E-state index contributed by atoms with van der Waals surface area (Å²) in [5.41, 5.74) is 6.02. The molecule has 0 aromatic heterocycles. The number of amides is 3. The Hall–Kier alpha value is -2.54. The van der Waals surface area contributed by atoms with Crippen LogP contribution in [-0.2, 0) is 35.1 Å². The molecule has 0 saturated carbocycles. The third-order valence-electron chi connectivity index (χ3n) is 7.02. The number of hydrogen-bond acceptors (Lipinski definition) is 9. The Kier molecular flexibility index (Phi) is 15.6. The molecule has 43 heavy (non-hydrogen) atoms. The second-order valence-corrected chi connectivity index (χ2v) is 13.3. The lowest BCUT2D eigenvalue weighted by molar-refractivity contribution is -0.140. The zero-order chi connectivity index (χ0) is 32.0. The minimum atomic E-state index is -1.16. The Balaban J connectivity index is 2.17. The van der Waals surface area contributed by atoms with Crippen LogP contribution in [0.25, 0.3) is 0 Å². The molecule has 1 unspecified atom stereocenters. The number of Topliss-reactive ketones (excluding diaryl/α,β-unsaturated/α-hetero) is 1. The van der Waals surface area contributed by atoms with Gasteiger partial charge in [-0.1, -0.05) is 42.1 Å². The molecule has 1 aliphatic rings. The van der Waals surface area contributed by atoms with Crippen LogP contribution in [0.4, 0.5) is 0 Å². The van der Waals surface area contributed by atoms with Crippen molar-refractivity contribution in [3.63, 3.8) is 0 Å². The molecule has 0 spiro atoms. The number of thioether (sulfide) groups is 1. The molecule has 3 amide bonds. The fourth-order valence-corrected chi connectivity index (χ4v) is 6.34. The van der Waals surface area contributed by atoms with E-state index in [9.17, 15) is 24.0 Å². The maximum atomic E-state index is 13.6. The molecule has 1 aromatic carbocycles. The van der Waals surface area contributed by atoms with Gasteiger partial charge in [0.05, 0.1) is 24.1 Å². The molecule has 1 saturated heterocycles. The fraction of sp³-hybridized carbons (Fsp3) is 0.600. The van der Waals surface area contributed by atoms with Gasteiger partial charge in [-0.2, -0.15) is 0 Å². The van der Waals surface area contributed by atoms with Gasteiger partial charge in [-0.25, -0.2) is 0 Å². The first-order valence-electron chi connectivity index (χ1n) is 14.5. The summed E-state index contributed by atoms with van der Waals surface area (Å²) in [5.74, 6) is -1.53. The Morgan fingerprint density at radius 3 is 2.53 bits per heavy atom. The second kappa shape index (κ2) is 18.3. The summed E-state index contributed by atoms with van der Waals surface area (Å²) in [7, 11) is 0. The normalized spacial score (nSPS) is 17.0. The highest BCUT2D eigenvalue weighted by Gasteiger charge is 2.38. The second-order valence-electron chi connectivity index (χ2n) is 11.1. The van der Waals surface area contributed by atoms with Crippen molar-refractivity contribution < 1.29 is 28.7 Å². The van der Waals surface area contributed by atoms with E-state index in [1.165, 1.54) is 16.7 Å². The Morgan fingerprint density at radius 1 is 1.21 bits per heavy atom. The highest BCUT2D eigenvalue weighted by atomic mass is 35.5. The number of carbonyl (C=O) groups is 5. The minimum absolute atomic E-state index is 0.0965. The summed E-state index contributed by atoms with van der Waals surface area (Å²) < 4.78 is 5.73. The predicted molar refractivity (Wildman–Crippen MR) is 173 cm³/mol. The molecule has 1 heterocycles. The van der Waals surface area contributed by atoms with E-state index in [0.29, 0.717) is 55.9 Å². The Labute approximate surface area is 268 Å². The molecule has 0 aliphatic carbocycles. The topological polar surface area (TPSA) is 148 Å². The summed E-state index contributed by atoms with van der Waals surface area (Å²) in [6, 6.07) is 6.82. The fourth-order valence-electron chi connectivity index (χ4n) is 4.73. The maximum absolute atomic E-state index is 13.6. The number of nitrogens with zero attached hydrogens (tertiary/aromatic N) is 1. The van der Waals surface area contributed by atoms with Crippen molar-refractivity contribution in [2.24, 2.45) is 5.73 Å². The number of benzene rings is 1. The van der Waals surface area contributed by atoms with Crippen LogP contribution in [-0.4, -0.2) is 87.0 Å². The van der Waals surface area contributed by atoms with E-state index in [1.54, 1.807) is 13.8 Å². The molecule has 4 atom stereocenters. The van der Waals surface area contributed by atoms with Crippen LogP contribution in [0.1, 0.15) is 64.9 Å². The van der Waals surface area contributed by atoms with Crippen molar-refractivity contribution in [3.8, 4) is 0 Å². The molecule has 1 fully saturated rings. The van der Waals surface area contributed by atoms with Crippen LogP contribution >= 0.6 is 35.6 Å². The van der Waals surface area contributed by atoms with E-state index in [4.69, 9.17) is 34.3 Å². The van der Waals surface area contributed by atoms with Gasteiger partial charge >= 0.3 is 0 Å². The molecule has 4 N–H and O–H groups in total. The van der Waals surface area contributed by atoms with Crippen LogP contribution in [0.15, 0.2) is 30.3 Å². The van der Waals surface area contributed by atoms with Gasteiger partial charge < -0.3 is 30.8 Å². The number of halogens is 1. The van der Waals surface area contributed by atoms with Gasteiger partial charge in [0.15, 0.2) is 0 Å². The Morgan fingerprint density at radius 2 is 1.91 bits per heavy atom. The van der Waals surface area contributed by atoms with Crippen LogP contribution in [0.2, 0.25) is 0 Å². The number of carbonyl (C=O) groups excluding carboxylic acids is 5. The molecule has 2 rings (SSSR count). The molecular weight excluding hydrogens is 612 g/mol. The zero-order valence-electron chi connectivity index (χ0n) is 25.0. The lowest BCUT2D eigenvalue weighted by Gasteiger charge is -2.30. The average Bonchev–Trinajstić information content (AvgIpc) is 3.47. The van der Waals surface area contributed by atoms with Gasteiger partial charge in [0.2, 0.25) is 22.1 Å². The molecule has 238 valence electrons. The first-order chi connectivity index (χ1) is 20.4. The quantitative estimate of drug-likeness (QED) is 0.131. The van der Waals surface area contributed by atoms with Crippen LogP contribution in [0.5, 0.6) is 0 Å². The van der Waals surface area contributed by atoms with E-state index >= 15 is 0 Å². The lowest BCUT2D eigenvalue weighted by Crippen LogP contribution is -2.57. The van der Waals surface area contributed by atoms with E-state index < -0.39 is 35.5 Å². The van der Waals surface area contributed by atoms with E-state index in [0.717, 1.165) is 5.56 Å². The molecule has 1 aliphatic heterocycles. The van der Waals surface area contributed by atoms with Gasteiger partial charge in [0.25, 0.3) is 0 Å². The zero-order valence-corrected chi connectivity index (χ0v) is 27.4. The number of aldehydes is 1. The minimum Gasteiger partial charge on any atom is -0.479 e. The molecule has 10 nitrogen and oxygen atoms in total. The van der Waals surface area contributed by atoms with Gasteiger partial charge in [-0.3, -0.25) is 19.2 Å². The molecule has 0 radical (unpaired) electrons. The summed E-state index contributed by atoms with van der Waals surface area (Å²) in [4.78, 5) is 65.1. The lowest BCUT2D eigenvalue weighted by atomic mass is 10.0. The van der Waals surface area contributed by atoms with Gasteiger partial charge in [-0.15, -0.1) is 11.6 Å². The molecule has 1 aromatic rings. The number of hydrogen-bond donors (Lipinski definition) is 3. The van der Waals surface area contributed by atoms with Crippen molar-refractivity contribution in [1.29, 1.82) is 0 Å². The number of thiocarbonyl (C=S) groups is 1. The predicted octanol–water partition coefficient (Wildman–Crippen LogP) is 2.92.